The maximum Gasteiger partial charge on any atom is 0.416 e. The predicted octanol–water partition coefficient (Wildman–Crippen LogP) is 4.56. The number of hydrogen-bond donors (Lipinski definition) is 1. The first-order valence-corrected chi connectivity index (χ1v) is 7.48. The van der Waals surface area contributed by atoms with Gasteiger partial charge in [0.05, 0.1) is 5.56 Å². The molecule has 0 aliphatic carbocycles. The molecule has 120 valence electrons. The van der Waals surface area contributed by atoms with E-state index in [1.54, 1.807) is 12.1 Å². The smallest absolute Gasteiger partial charge is 0.381 e. The van der Waals surface area contributed by atoms with Crippen LogP contribution in [0.25, 0.3) is 0 Å². The molecule has 0 amide bonds. The summed E-state index contributed by atoms with van der Waals surface area (Å²) in [6.45, 7) is 5.78. The van der Waals surface area contributed by atoms with Gasteiger partial charge in [0.25, 0.3) is 0 Å². The van der Waals surface area contributed by atoms with Crippen molar-refractivity contribution in [2.75, 3.05) is 19.8 Å². The SMILES string of the molecule is CCCNC(CCOCCC)c1ccccc1C(F)(F)F. The van der Waals surface area contributed by atoms with E-state index >= 15 is 0 Å². The van der Waals surface area contributed by atoms with Crippen LogP contribution in [-0.2, 0) is 10.9 Å². The molecular weight excluding hydrogens is 279 g/mol. The third-order valence-electron chi connectivity index (χ3n) is 3.18. The van der Waals surface area contributed by atoms with Crippen molar-refractivity contribution in [2.45, 2.75) is 45.3 Å². The molecule has 0 radical (unpaired) electrons. The highest BCUT2D eigenvalue weighted by atomic mass is 19.4. The van der Waals surface area contributed by atoms with Gasteiger partial charge in [0.1, 0.15) is 0 Å². The van der Waals surface area contributed by atoms with Gasteiger partial charge < -0.3 is 10.1 Å². The van der Waals surface area contributed by atoms with Crippen LogP contribution in [0.5, 0.6) is 0 Å². The molecule has 5 heteroatoms. The van der Waals surface area contributed by atoms with Gasteiger partial charge in [-0.25, -0.2) is 0 Å². The second-order valence-electron chi connectivity index (χ2n) is 4.99. The van der Waals surface area contributed by atoms with Gasteiger partial charge in [0.15, 0.2) is 0 Å². The first kappa shape index (κ1) is 18.0. The van der Waals surface area contributed by atoms with Crippen molar-refractivity contribution in [1.29, 1.82) is 0 Å². The van der Waals surface area contributed by atoms with Gasteiger partial charge >= 0.3 is 6.18 Å². The minimum Gasteiger partial charge on any atom is -0.381 e. The molecule has 21 heavy (non-hydrogen) atoms. The molecule has 0 saturated carbocycles. The topological polar surface area (TPSA) is 21.3 Å². The van der Waals surface area contributed by atoms with E-state index < -0.39 is 11.7 Å². The summed E-state index contributed by atoms with van der Waals surface area (Å²) in [7, 11) is 0. The lowest BCUT2D eigenvalue weighted by atomic mass is 9.97. The van der Waals surface area contributed by atoms with Crippen LogP contribution in [0, 0.1) is 0 Å². The summed E-state index contributed by atoms with van der Waals surface area (Å²) < 4.78 is 44.8. The summed E-state index contributed by atoms with van der Waals surface area (Å²) in [4.78, 5) is 0. The molecule has 0 aromatic heterocycles. The minimum atomic E-state index is -4.33. The van der Waals surface area contributed by atoms with Gasteiger partial charge in [-0.05, 0) is 37.4 Å². The Hall–Kier alpha value is -1.07. The molecule has 0 bridgehead atoms. The van der Waals surface area contributed by atoms with Gasteiger partial charge in [-0.15, -0.1) is 0 Å². The average Bonchev–Trinajstić information content (AvgIpc) is 2.46. The molecule has 1 aromatic carbocycles. The quantitative estimate of drug-likeness (QED) is 0.675. The summed E-state index contributed by atoms with van der Waals surface area (Å²) in [6.07, 6.45) is -2.01. The second kappa shape index (κ2) is 9.05. The Morgan fingerprint density at radius 2 is 1.81 bits per heavy atom. The van der Waals surface area contributed by atoms with Crippen molar-refractivity contribution in [1.82, 2.24) is 5.32 Å². The number of rotatable bonds is 9. The Balaban J connectivity index is 2.86. The number of halogens is 3. The maximum absolute atomic E-state index is 13.1. The molecule has 1 unspecified atom stereocenters. The molecule has 0 spiro atoms. The minimum absolute atomic E-state index is 0.304. The fourth-order valence-corrected chi connectivity index (χ4v) is 2.19. The van der Waals surface area contributed by atoms with Crippen LogP contribution in [0.15, 0.2) is 24.3 Å². The number of alkyl halides is 3. The Kier molecular flexibility index (Phi) is 7.75. The lowest BCUT2D eigenvalue weighted by Gasteiger charge is -2.23. The maximum atomic E-state index is 13.1. The van der Waals surface area contributed by atoms with Crippen molar-refractivity contribution in [3.8, 4) is 0 Å². The van der Waals surface area contributed by atoms with E-state index in [0.29, 0.717) is 31.7 Å². The summed E-state index contributed by atoms with van der Waals surface area (Å²) in [6, 6.07) is 5.44. The molecule has 1 N–H and O–H groups in total. The fourth-order valence-electron chi connectivity index (χ4n) is 2.19. The average molecular weight is 303 g/mol. The normalized spacial score (nSPS) is 13.4. The third-order valence-corrected chi connectivity index (χ3v) is 3.18. The highest BCUT2D eigenvalue weighted by molar-refractivity contribution is 5.32. The highest BCUT2D eigenvalue weighted by Gasteiger charge is 2.34. The monoisotopic (exact) mass is 303 g/mol. The number of ether oxygens (including phenoxy) is 1. The second-order valence-corrected chi connectivity index (χ2v) is 4.99. The lowest BCUT2D eigenvalue weighted by Crippen LogP contribution is -2.26. The zero-order valence-electron chi connectivity index (χ0n) is 12.7. The van der Waals surface area contributed by atoms with E-state index in [1.165, 1.54) is 6.07 Å². The van der Waals surface area contributed by atoms with Crippen molar-refractivity contribution in [2.24, 2.45) is 0 Å². The van der Waals surface area contributed by atoms with Crippen molar-refractivity contribution < 1.29 is 17.9 Å². The number of nitrogens with one attached hydrogen (secondary N) is 1. The summed E-state index contributed by atoms with van der Waals surface area (Å²) in [5.41, 5.74) is -0.257. The van der Waals surface area contributed by atoms with Crippen LogP contribution < -0.4 is 5.32 Å². The standard InChI is InChI=1S/C16H24F3NO/c1-3-10-20-15(9-12-21-11-4-2)13-7-5-6-8-14(13)16(17,18)19/h5-8,15,20H,3-4,9-12H2,1-2H3. The van der Waals surface area contributed by atoms with Gasteiger partial charge in [0, 0.05) is 19.3 Å². The Morgan fingerprint density at radius 3 is 2.43 bits per heavy atom. The molecule has 0 heterocycles. The van der Waals surface area contributed by atoms with Crippen LogP contribution in [0.4, 0.5) is 13.2 Å². The molecule has 0 saturated heterocycles. The van der Waals surface area contributed by atoms with Gasteiger partial charge in [-0.1, -0.05) is 32.0 Å². The van der Waals surface area contributed by atoms with Crippen LogP contribution in [0.1, 0.15) is 50.3 Å². The molecule has 0 aliphatic rings. The first-order chi connectivity index (χ1) is 10.0. The Labute approximate surface area is 124 Å². The van der Waals surface area contributed by atoms with E-state index in [4.69, 9.17) is 4.74 Å². The van der Waals surface area contributed by atoms with Crippen LogP contribution >= 0.6 is 0 Å². The highest BCUT2D eigenvalue weighted by Crippen LogP contribution is 2.35. The van der Waals surface area contributed by atoms with Crippen LogP contribution in [0.2, 0.25) is 0 Å². The van der Waals surface area contributed by atoms with E-state index in [-0.39, 0.29) is 6.04 Å². The van der Waals surface area contributed by atoms with E-state index in [9.17, 15) is 13.2 Å². The van der Waals surface area contributed by atoms with Crippen molar-refractivity contribution >= 4 is 0 Å². The molecule has 0 fully saturated rings. The molecule has 1 rings (SSSR count). The molecule has 1 aromatic rings. The summed E-state index contributed by atoms with van der Waals surface area (Å²) in [5.74, 6) is 0. The van der Waals surface area contributed by atoms with Crippen molar-refractivity contribution in [3.05, 3.63) is 35.4 Å². The van der Waals surface area contributed by atoms with E-state index in [1.807, 2.05) is 13.8 Å². The molecular formula is C16H24F3NO. The Morgan fingerprint density at radius 1 is 1.10 bits per heavy atom. The number of benzene rings is 1. The van der Waals surface area contributed by atoms with E-state index in [0.717, 1.165) is 18.9 Å². The predicted molar refractivity (Wildman–Crippen MR) is 78.2 cm³/mol. The van der Waals surface area contributed by atoms with Gasteiger partial charge in [0.2, 0.25) is 0 Å². The molecule has 0 aliphatic heterocycles. The van der Waals surface area contributed by atoms with Gasteiger partial charge in [-0.3, -0.25) is 0 Å². The zero-order chi connectivity index (χ0) is 15.7. The summed E-state index contributed by atoms with van der Waals surface area (Å²) in [5, 5.41) is 3.20. The molecule has 1 atom stereocenters. The third kappa shape index (κ3) is 6.06. The van der Waals surface area contributed by atoms with Crippen molar-refractivity contribution in [3.63, 3.8) is 0 Å². The van der Waals surface area contributed by atoms with Crippen LogP contribution in [-0.4, -0.2) is 19.8 Å². The first-order valence-electron chi connectivity index (χ1n) is 7.48. The Bertz CT molecular complexity index is 407. The van der Waals surface area contributed by atoms with Gasteiger partial charge in [-0.2, -0.15) is 13.2 Å². The number of hydrogen-bond acceptors (Lipinski definition) is 2. The lowest BCUT2D eigenvalue weighted by molar-refractivity contribution is -0.138. The zero-order valence-corrected chi connectivity index (χ0v) is 12.7. The fraction of sp³-hybridized carbons (Fsp3) is 0.625. The van der Waals surface area contributed by atoms with E-state index in [2.05, 4.69) is 5.32 Å². The summed E-state index contributed by atoms with van der Waals surface area (Å²) >= 11 is 0. The van der Waals surface area contributed by atoms with Crippen LogP contribution in [0.3, 0.4) is 0 Å². The largest absolute Gasteiger partial charge is 0.416 e. The molecule has 2 nitrogen and oxygen atoms in total.